The molecular formula is C19H24N2O5S. The number of carbonyl (C=O) groups is 1. The summed E-state index contributed by atoms with van der Waals surface area (Å²) in [5, 5.41) is 2.72. The monoisotopic (exact) mass is 392 g/mol. The van der Waals surface area contributed by atoms with Gasteiger partial charge in [0.25, 0.3) is 0 Å². The summed E-state index contributed by atoms with van der Waals surface area (Å²) in [6.45, 7) is 3.33. The molecule has 0 aliphatic rings. The van der Waals surface area contributed by atoms with Gasteiger partial charge >= 0.3 is 0 Å². The Labute approximate surface area is 160 Å². The average molecular weight is 392 g/mol. The van der Waals surface area contributed by atoms with E-state index in [0.717, 1.165) is 21.7 Å². The van der Waals surface area contributed by atoms with Crippen LogP contribution in [0.1, 0.15) is 11.1 Å². The number of ether oxygens (including phenoxy) is 2. The minimum atomic E-state index is -3.72. The molecule has 7 nitrogen and oxygen atoms in total. The van der Waals surface area contributed by atoms with Gasteiger partial charge in [-0.05, 0) is 49.2 Å². The number of benzene rings is 2. The van der Waals surface area contributed by atoms with E-state index in [1.54, 1.807) is 30.3 Å². The highest BCUT2D eigenvalue weighted by Crippen LogP contribution is 2.31. The van der Waals surface area contributed by atoms with E-state index in [2.05, 4.69) is 5.32 Å². The van der Waals surface area contributed by atoms with Crippen molar-refractivity contribution in [1.82, 2.24) is 0 Å². The number of amides is 1. The van der Waals surface area contributed by atoms with Crippen molar-refractivity contribution in [1.29, 1.82) is 0 Å². The predicted octanol–water partition coefficient (Wildman–Crippen LogP) is 2.73. The van der Waals surface area contributed by atoms with Crippen molar-refractivity contribution >= 4 is 27.3 Å². The molecule has 0 unspecified atom stereocenters. The van der Waals surface area contributed by atoms with E-state index in [-0.39, 0.29) is 0 Å². The van der Waals surface area contributed by atoms with Crippen LogP contribution in [-0.4, -0.2) is 41.3 Å². The number of methoxy groups -OCH3 is 2. The SMILES string of the molecule is COc1ccc(C)cc1NC(=O)CN(c1cc(C)ccc1OC)S(C)(=O)=O. The molecule has 27 heavy (non-hydrogen) atoms. The van der Waals surface area contributed by atoms with Crippen LogP contribution in [0.25, 0.3) is 0 Å². The van der Waals surface area contributed by atoms with Gasteiger partial charge in [0.2, 0.25) is 15.9 Å². The van der Waals surface area contributed by atoms with Crippen LogP contribution in [0.15, 0.2) is 36.4 Å². The second-order valence-corrected chi connectivity index (χ2v) is 8.10. The Hall–Kier alpha value is -2.74. The third-order valence-corrected chi connectivity index (χ3v) is 5.05. The maximum absolute atomic E-state index is 12.6. The summed E-state index contributed by atoms with van der Waals surface area (Å²) >= 11 is 0. The maximum atomic E-state index is 12.6. The lowest BCUT2D eigenvalue weighted by Gasteiger charge is -2.24. The molecule has 0 fully saturated rings. The normalized spacial score (nSPS) is 11.0. The number of hydrogen-bond donors (Lipinski definition) is 1. The zero-order chi connectivity index (χ0) is 20.2. The Bertz CT molecular complexity index is 941. The number of hydrogen-bond acceptors (Lipinski definition) is 5. The van der Waals surface area contributed by atoms with Crippen LogP contribution in [0, 0.1) is 13.8 Å². The highest BCUT2D eigenvalue weighted by Gasteiger charge is 2.24. The van der Waals surface area contributed by atoms with Crippen molar-refractivity contribution in [2.45, 2.75) is 13.8 Å². The summed E-state index contributed by atoms with van der Waals surface area (Å²) in [5.41, 5.74) is 2.57. The number of carbonyl (C=O) groups excluding carboxylic acids is 1. The molecule has 0 bridgehead atoms. The minimum absolute atomic E-state index is 0.311. The molecule has 1 N–H and O–H groups in total. The van der Waals surface area contributed by atoms with Crippen LogP contribution < -0.4 is 19.1 Å². The zero-order valence-electron chi connectivity index (χ0n) is 16.1. The van der Waals surface area contributed by atoms with Crippen LogP contribution in [0.2, 0.25) is 0 Å². The van der Waals surface area contributed by atoms with E-state index in [4.69, 9.17) is 9.47 Å². The van der Waals surface area contributed by atoms with Gasteiger partial charge in [0.15, 0.2) is 0 Å². The van der Waals surface area contributed by atoms with E-state index in [1.165, 1.54) is 14.2 Å². The summed E-state index contributed by atoms with van der Waals surface area (Å²) in [7, 11) is -0.766. The lowest BCUT2D eigenvalue weighted by Crippen LogP contribution is -2.37. The van der Waals surface area contributed by atoms with E-state index in [0.29, 0.717) is 22.9 Å². The van der Waals surface area contributed by atoms with Gasteiger partial charge in [0.1, 0.15) is 18.0 Å². The van der Waals surface area contributed by atoms with Crippen molar-refractivity contribution in [2.24, 2.45) is 0 Å². The average Bonchev–Trinajstić information content (AvgIpc) is 2.59. The molecule has 2 aromatic carbocycles. The number of rotatable bonds is 7. The highest BCUT2D eigenvalue weighted by molar-refractivity contribution is 7.92. The van der Waals surface area contributed by atoms with E-state index in [9.17, 15) is 13.2 Å². The van der Waals surface area contributed by atoms with Gasteiger partial charge in [-0.2, -0.15) is 0 Å². The molecule has 0 atom stereocenters. The van der Waals surface area contributed by atoms with Gasteiger partial charge in [-0.1, -0.05) is 12.1 Å². The van der Waals surface area contributed by atoms with Crippen molar-refractivity contribution in [3.8, 4) is 11.5 Å². The molecule has 2 rings (SSSR count). The Morgan fingerprint density at radius 3 is 2.11 bits per heavy atom. The van der Waals surface area contributed by atoms with Crippen molar-refractivity contribution < 1.29 is 22.7 Å². The second-order valence-electron chi connectivity index (χ2n) is 6.20. The Balaban J connectivity index is 2.34. The summed E-state index contributed by atoms with van der Waals surface area (Å²) in [4.78, 5) is 12.6. The molecular weight excluding hydrogens is 368 g/mol. The van der Waals surface area contributed by atoms with Crippen molar-refractivity contribution in [3.05, 3.63) is 47.5 Å². The van der Waals surface area contributed by atoms with Crippen LogP contribution in [0.3, 0.4) is 0 Å². The lowest BCUT2D eigenvalue weighted by atomic mass is 10.2. The van der Waals surface area contributed by atoms with Crippen molar-refractivity contribution in [2.75, 3.05) is 36.6 Å². The molecule has 0 heterocycles. The van der Waals surface area contributed by atoms with E-state index >= 15 is 0 Å². The molecule has 0 spiro atoms. The molecule has 1 amide bonds. The third kappa shape index (κ3) is 5.13. The van der Waals surface area contributed by atoms with E-state index < -0.39 is 22.5 Å². The number of sulfonamides is 1. The molecule has 2 aromatic rings. The molecule has 0 aliphatic heterocycles. The second kappa shape index (κ2) is 8.30. The highest BCUT2D eigenvalue weighted by atomic mass is 32.2. The Kier molecular flexibility index (Phi) is 6.32. The zero-order valence-corrected chi connectivity index (χ0v) is 16.9. The molecule has 0 aliphatic carbocycles. The molecule has 0 aromatic heterocycles. The largest absolute Gasteiger partial charge is 0.495 e. The number of anilines is 2. The molecule has 146 valence electrons. The van der Waals surface area contributed by atoms with Gasteiger partial charge in [0, 0.05) is 0 Å². The van der Waals surface area contributed by atoms with Gasteiger partial charge in [-0.3, -0.25) is 9.10 Å². The predicted molar refractivity (Wildman–Crippen MR) is 106 cm³/mol. The molecule has 0 saturated heterocycles. The number of nitrogens with zero attached hydrogens (tertiary/aromatic N) is 1. The molecule has 0 saturated carbocycles. The Morgan fingerprint density at radius 2 is 1.56 bits per heavy atom. The third-order valence-electron chi connectivity index (χ3n) is 3.92. The summed E-state index contributed by atoms with van der Waals surface area (Å²) in [5.74, 6) is 0.368. The first-order valence-electron chi connectivity index (χ1n) is 8.22. The Morgan fingerprint density at radius 1 is 1.00 bits per heavy atom. The van der Waals surface area contributed by atoms with Gasteiger partial charge in [-0.25, -0.2) is 8.42 Å². The van der Waals surface area contributed by atoms with Crippen LogP contribution >= 0.6 is 0 Å². The maximum Gasteiger partial charge on any atom is 0.245 e. The van der Waals surface area contributed by atoms with Crippen molar-refractivity contribution in [3.63, 3.8) is 0 Å². The fraction of sp³-hybridized carbons (Fsp3) is 0.316. The van der Waals surface area contributed by atoms with Gasteiger partial charge in [0.05, 0.1) is 31.9 Å². The first-order chi connectivity index (χ1) is 12.7. The summed E-state index contributed by atoms with van der Waals surface area (Å²) in [6, 6.07) is 10.5. The van der Waals surface area contributed by atoms with E-state index in [1.807, 2.05) is 19.9 Å². The molecule has 0 radical (unpaired) electrons. The van der Waals surface area contributed by atoms with Gasteiger partial charge < -0.3 is 14.8 Å². The first kappa shape index (κ1) is 20.6. The minimum Gasteiger partial charge on any atom is -0.495 e. The fourth-order valence-electron chi connectivity index (χ4n) is 2.62. The first-order valence-corrected chi connectivity index (χ1v) is 10.1. The number of aryl methyl sites for hydroxylation is 2. The summed E-state index contributed by atoms with van der Waals surface area (Å²) in [6.07, 6.45) is 1.05. The van der Waals surface area contributed by atoms with Gasteiger partial charge in [-0.15, -0.1) is 0 Å². The standard InChI is InChI=1S/C19H24N2O5S/c1-13-6-8-17(25-3)15(10-13)20-19(22)12-21(27(5,23)24)16-11-14(2)7-9-18(16)26-4/h6-11H,12H2,1-5H3,(H,20,22). The quantitative estimate of drug-likeness (QED) is 0.783. The molecule has 8 heteroatoms. The van der Waals surface area contributed by atoms with Crippen LogP contribution in [0.4, 0.5) is 11.4 Å². The summed E-state index contributed by atoms with van der Waals surface area (Å²) < 4.78 is 36.2. The van der Waals surface area contributed by atoms with Crippen LogP contribution in [-0.2, 0) is 14.8 Å². The number of nitrogens with one attached hydrogen (secondary N) is 1. The van der Waals surface area contributed by atoms with Crippen LogP contribution in [0.5, 0.6) is 11.5 Å². The fourth-order valence-corrected chi connectivity index (χ4v) is 3.47. The lowest BCUT2D eigenvalue weighted by molar-refractivity contribution is -0.114. The topological polar surface area (TPSA) is 84.9 Å². The smallest absolute Gasteiger partial charge is 0.245 e.